The summed E-state index contributed by atoms with van der Waals surface area (Å²) < 4.78 is 55.7. The molecule has 1 saturated carbocycles. The number of benzene rings is 1. The number of amides is 1. The Hall–Kier alpha value is -3.54. The smallest absolute Gasteiger partial charge is 0.433 e. The molecule has 0 bridgehead atoms. The first-order valence-electron chi connectivity index (χ1n) is 12.9. The van der Waals surface area contributed by atoms with Crippen molar-refractivity contribution in [3.05, 3.63) is 71.2 Å². The number of fused-ring (bicyclic) bond motifs is 1. The van der Waals surface area contributed by atoms with Crippen LogP contribution in [0.15, 0.2) is 48.7 Å². The Morgan fingerprint density at radius 3 is 2.80 bits per heavy atom. The Bertz CT molecular complexity index is 1400. The molecule has 2 unspecified atom stereocenters. The number of aliphatic hydroxyl groups is 1. The van der Waals surface area contributed by atoms with Gasteiger partial charge in [-0.1, -0.05) is 6.07 Å². The van der Waals surface area contributed by atoms with Crippen molar-refractivity contribution in [3.8, 4) is 17.0 Å². The molecule has 1 aliphatic carbocycles. The van der Waals surface area contributed by atoms with E-state index >= 15 is 0 Å². The average molecular weight is 558 g/mol. The minimum absolute atomic E-state index is 0.00417. The van der Waals surface area contributed by atoms with Gasteiger partial charge >= 0.3 is 6.18 Å². The molecular weight excluding hydrogens is 527 g/mol. The molecular formula is C29H30F3N3O5. The molecule has 1 amide bonds. The summed E-state index contributed by atoms with van der Waals surface area (Å²) >= 11 is 0. The van der Waals surface area contributed by atoms with E-state index in [0.717, 1.165) is 47.5 Å². The maximum atomic E-state index is 13.1. The molecule has 2 aromatic heterocycles. The highest BCUT2D eigenvalue weighted by molar-refractivity contribution is 6.04. The van der Waals surface area contributed by atoms with Crippen molar-refractivity contribution in [1.82, 2.24) is 9.97 Å². The summed E-state index contributed by atoms with van der Waals surface area (Å²) in [4.78, 5) is 20.9. The minimum atomic E-state index is -4.66. The maximum absolute atomic E-state index is 13.1. The van der Waals surface area contributed by atoms with Crippen molar-refractivity contribution in [3.63, 3.8) is 0 Å². The zero-order valence-electron chi connectivity index (χ0n) is 22.1. The Morgan fingerprint density at radius 1 is 1.23 bits per heavy atom. The molecule has 2 fully saturated rings. The SMILES string of the molecule is COC[C@@H](O)COc1cc(-c2cc(NC(=O)c3ccnc(C(F)(F)F)c3)ccc2C)cc(C23CCOCC2C3)n1. The number of aromatic nitrogens is 2. The Morgan fingerprint density at radius 2 is 2.05 bits per heavy atom. The van der Waals surface area contributed by atoms with Crippen LogP contribution >= 0.6 is 0 Å². The second-order valence-electron chi connectivity index (χ2n) is 10.3. The number of carbonyl (C=O) groups excluding carboxylic acids is 1. The summed E-state index contributed by atoms with van der Waals surface area (Å²) in [5.74, 6) is 0.0558. The van der Waals surface area contributed by atoms with Crippen LogP contribution in [-0.2, 0) is 21.1 Å². The Balaban J connectivity index is 1.45. The number of nitrogens with one attached hydrogen (secondary N) is 1. The molecule has 2 N–H and O–H groups in total. The van der Waals surface area contributed by atoms with Gasteiger partial charge in [0.25, 0.3) is 5.91 Å². The van der Waals surface area contributed by atoms with Gasteiger partial charge in [0.15, 0.2) is 0 Å². The largest absolute Gasteiger partial charge is 0.475 e. The number of aryl methyl sites for hydroxylation is 1. The number of alkyl halides is 3. The van der Waals surface area contributed by atoms with E-state index in [4.69, 9.17) is 19.2 Å². The molecule has 40 heavy (non-hydrogen) atoms. The minimum Gasteiger partial charge on any atom is -0.475 e. The van der Waals surface area contributed by atoms with E-state index in [-0.39, 0.29) is 24.2 Å². The van der Waals surface area contributed by atoms with Crippen LogP contribution in [0.5, 0.6) is 5.88 Å². The standard InChI is InChI=1S/C29H30F3N3O5/c1-17-3-4-21(34-27(37)18-5-7-33-25(9-18)29(30,31)32)12-23(17)19-10-24(28-6-8-39-14-20(28)13-28)35-26(11-19)40-16-22(36)15-38-2/h3-5,7,9-12,20,22,36H,6,8,13-16H2,1-2H3,(H,34,37)/t20?,22-,28?/m1/s1. The van der Waals surface area contributed by atoms with Gasteiger partial charge in [-0.15, -0.1) is 0 Å². The summed E-state index contributed by atoms with van der Waals surface area (Å²) in [5.41, 5.74) is 2.46. The van der Waals surface area contributed by atoms with E-state index in [2.05, 4.69) is 10.3 Å². The van der Waals surface area contributed by atoms with E-state index in [1.807, 2.05) is 19.1 Å². The molecule has 0 spiro atoms. The van der Waals surface area contributed by atoms with E-state index in [1.54, 1.807) is 18.2 Å². The number of aliphatic hydroxyl groups excluding tert-OH is 1. The molecule has 5 rings (SSSR count). The van der Waals surface area contributed by atoms with Gasteiger partial charge in [-0.2, -0.15) is 13.2 Å². The number of anilines is 1. The predicted octanol–water partition coefficient (Wildman–Crippen LogP) is 4.79. The molecule has 2 aliphatic rings. The molecule has 1 aliphatic heterocycles. The highest BCUT2D eigenvalue weighted by Crippen LogP contribution is 2.58. The molecule has 3 aromatic rings. The maximum Gasteiger partial charge on any atom is 0.433 e. The average Bonchev–Trinajstić information content (AvgIpc) is 3.69. The number of ether oxygens (including phenoxy) is 3. The third kappa shape index (κ3) is 5.96. The van der Waals surface area contributed by atoms with Gasteiger partial charge in [0.2, 0.25) is 5.88 Å². The molecule has 0 radical (unpaired) electrons. The van der Waals surface area contributed by atoms with Crippen LogP contribution in [0, 0.1) is 12.8 Å². The van der Waals surface area contributed by atoms with E-state index in [0.29, 0.717) is 30.7 Å². The number of nitrogens with zero attached hydrogens (tertiary/aromatic N) is 2. The summed E-state index contributed by atoms with van der Waals surface area (Å²) in [6.07, 6.45) is -2.70. The summed E-state index contributed by atoms with van der Waals surface area (Å²) in [7, 11) is 1.50. The van der Waals surface area contributed by atoms with Gasteiger partial charge < -0.3 is 24.6 Å². The first-order valence-corrected chi connectivity index (χ1v) is 12.9. The molecule has 1 aromatic carbocycles. The number of halogens is 3. The van der Waals surface area contributed by atoms with E-state index in [1.165, 1.54) is 13.2 Å². The monoisotopic (exact) mass is 557 g/mol. The van der Waals surface area contributed by atoms with Crippen molar-refractivity contribution in [2.45, 2.75) is 37.5 Å². The zero-order valence-corrected chi connectivity index (χ0v) is 22.1. The highest BCUT2D eigenvalue weighted by atomic mass is 19.4. The summed E-state index contributed by atoms with van der Waals surface area (Å²) in [5, 5.41) is 12.8. The van der Waals surface area contributed by atoms with Crippen molar-refractivity contribution in [2.75, 3.05) is 38.9 Å². The van der Waals surface area contributed by atoms with Crippen molar-refractivity contribution in [1.29, 1.82) is 0 Å². The zero-order chi connectivity index (χ0) is 28.5. The number of carbonyl (C=O) groups is 1. The normalized spacial score (nSPS) is 20.9. The van der Waals surface area contributed by atoms with Crippen LogP contribution in [0.4, 0.5) is 18.9 Å². The van der Waals surface area contributed by atoms with Gasteiger partial charge in [0.1, 0.15) is 18.4 Å². The number of hydrogen-bond acceptors (Lipinski definition) is 7. The quantitative estimate of drug-likeness (QED) is 0.390. The molecule has 3 atom stereocenters. The van der Waals surface area contributed by atoms with Gasteiger partial charge in [-0.3, -0.25) is 9.78 Å². The third-order valence-electron chi connectivity index (χ3n) is 7.46. The van der Waals surface area contributed by atoms with Crippen LogP contribution in [-0.4, -0.2) is 60.6 Å². The van der Waals surface area contributed by atoms with Gasteiger partial charge in [-0.05, 0) is 72.7 Å². The third-order valence-corrected chi connectivity index (χ3v) is 7.46. The lowest BCUT2D eigenvalue weighted by Gasteiger charge is -2.23. The van der Waals surface area contributed by atoms with Gasteiger partial charge in [-0.25, -0.2) is 4.98 Å². The number of pyridine rings is 2. The number of rotatable bonds is 9. The number of methoxy groups -OCH3 is 1. The lowest BCUT2D eigenvalue weighted by atomic mass is 9.90. The lowest BCUT2D eigenvalue weighted by molar-refractivity contribution is -0.141. The van der Waals surface area contributed by atoms with Crippen molar-refractivity contribution >= 4 is 11.6 Å². The Kier molecular flexibility index (Phi) is 7.80. The van der Waals surface area contributed by atoms with Crippen LogP contribution in [0.1, 0.15) is 40.2 Å². The second kappa shape index (κ2) is 11.1. The molecule has 11 heteroatoms. The topological polar surface area (TPSA) is 103 Å². The van der Waals surface area contributed by atoms with Crippen LogP contribution < -0.4 is 10.1 Å². The molecule has 3 heterocycles. The molecule has 8 nitrogen and oxygen atoms in total. The van der Waals surface area contributed by atoms with E-state index in [9.17, 15) is 23.1 Å². The first kappa shape index (κ1) is 28.0. The van der Waals surface area contributed by atoms with Crippen molar-refractivity contribution < 1.29 is 37.3 Å². The van der Waals surface area contributed by atoms with Gasteiger partial charge in [0.05, 0.1) is 18.9 Å². The van der Waals surface area contributed by atoms with Crippen LogP contribution in [0.2, 0.25) is 0 Å². The first-order chi connectivity index (χ1) is 19.1. The Labute approximate surface area is 229 Å². The fraction of sp³-hybridized carbons (Fsp3) is 0.414. The number of hydrogen-bond donors (Lipinski definition) is 2. The predicted molar refractivity (Wildman–Crippen MR) is 140 cm³/mol. The summed E-state index contributed by atoms with van der Waals surface area (Å²) in [6, 6.07) is 11.1. The van der Waals surface area contributed by atoms with Crippen molar-refractivity contribution in [2.24, 2.45) is 5.92 Å². The van der Waals surface area contributed by atoms with Crippen LogP contribution in [0.3, 0.4) is 0 Å². The molecule has 212 valence electrons. The fourth-order valence-electron chi connectivity index (χ4n) is 5.18. The van der Waals surface area contributed by atoms with Gasteiger partial charge in [0, 0.05) is 42.6 Å². The summed E-state index contributed by atoms with van der Waals surface area (Å²) in [6.45, 7) is 3.38. The van der Waals surface area contributed by atoms with Crippen LogP contribution in [0.25, 0.3) is 11.1 Å². The second-order valence-corrected chi connectivity index (χ2v) is 10.3. The molecule has 1 saturated heterocycles. The van der Waals surface area contributed by atoms with E-state index < -0.39 is 23.9 Å². The lowest BCUT2D eigenvalue weighted by Crippen LogP contribution is -2.24. The fourth-order valence-corrected chi connectivity index (χ4v) is 5.18. The highest BCUT2D eigenvalue weighted by Gasteiger charge is 2.58.